The first-order valence-electron chi connectivity index (χ1n) is 16.3. The Morgan fingerprint density at radius 1 is 0.429 bits per heavy atom. The van der Waals surface area contributed by atoms with Crippen molar-refractivity contribution in [3.8, 4) is 11.9 Å². The van der Waals surface area contributed by atoms with Gasteiger partial charge in [-0.2, -0.15) is 0 Å². The third-order valence-corrected chi connectivity index (χ3v) is 8.55. The molecule has 6 rings (SSSR count). The van der Waals surface area contributed by atoms with Gasteiger partial charge >= 0.3 is 0 Å². The van der Waals surface area contributed by atoms with Crippen LogP contribution in [0.15, 0.2) is 69.5 Å². The maximum atomic E-state index is 6.07. The van der Waals surface area contributed by atoms with E-state index in [9.17, 15) is 0 Å². The molecule has 0 saturated heterocycles. The van der Waals surface area contributed by atoms with Gasteiger partial charge in [-0.25, -0.2) is 0 Å². The van der Waals surface area contributed by atoms with E-state index in [2.05, 4.69) is 62.4 Å². The van der Waals surface area contributed by atoms with Crippen molar-refractivity contribution in [2.75, 3.05) is 13.2 Å². The minimum atomic E-state index is 0.612. The number of fused-ring (bicyclic) bond motifs is 7. The summed E-state index contributed by atoms with van der Waals surface area (Å²) in [6, 6.07) is 21.7. The van der Waals surface area contributed by atoms with Crippen molar-refractivity contribution in [1.29, 1.82) is 0 Å². The van der Waals surface area contributed by atoms with Crippen molar-refractivity contribution < 1.29 is 18.3 Å². The Kier molecular flexibility index (Phi) is 9.18. The molecule has 4 nitrogen and oxygen atoms in total. The van der Waals surface area contributed by atoms with Crippen LogP contribution in [-0.2, 0) is 0 Å². The normalized spacial score (nSPS) is 12.0. The lowest BCUT2D eigenvalue weighted by atomic mass is 9.96. The average molecular weight is 565 g/mol. The van der Waals surface area contributed by atoms with Crippen LogP contribution in [0.4, 0.5) is 0 Å². The molecule has 2 heterocycles. The zero-order valence-corrected chi connectivity index (χ0v) is 25.3. The van der Waals surface area contributed by atoms with Crippen LogP contribution in [-0.4, -0.2) is 13.2 Å². The molecule has 2 aromatic heterocycles. The molecule has 0 N–H and O–H groups in total. The lowest BCUT2D eigenvalue weighted by Crippen LogP contribution is -1.95. The van der Waals surface area contributed by atoms with Crippen LogP contribution in [0.5, 0.6) is 11.9 Å². The molecule has 4 aromatic carbocycles. The van der Waals surface area contributed by atoms with Crippen LogP contribution in [0, 0.1) is 0 Å². The van der Waals surface area contributed by atoms with E-state index in [4.69, 9.17) is 18.3 Å². The third-order valence-electron chi connectivity index (χ3n) is 8.55. The van der Waals surface area contributed by atoms with Crippen LogP contribution in [0.1, 0.15) is 90.9 Å². The summed E-state index contributed by atoms with van der Waals surface area (Å²) in [5.41, 5.74) is 1.74. The van der Waals surface area contributed by atoms with Crippen LogP contribution < -0.4 is 9.47 Å². The summed E-state index contributed by atoms with van der Waals surface area (Å²) >= 11 is 0. The topological polar surface area (TPSA) is 44.7 Å². The van der Waals surface area contributed by atoms with Crippen molar-refractivity contribution in [2.45, 2.75) is 90.9 Å². The predicted molar refractivity (Wildman–Crippen MR) is 176 cm³/mol. The molecule has 6 aromatic rings. The molecule has 0 aliphatic heterocycles. The summed E-state index contributed by atoms with van der Waals surface area (Å²) < 4.78 is 24.1. The fourth-order valence-electron chi connectivity index (χ4n) is 6.15. The molecular formula is C38H44O4. The number of furan rings is 2. The molecule has 0 atom stereocenters. The Morgan fingerprint density at radius 2 is 0.857 bits per heavy atom. The van der Waals surface area contributed by atoms with Gasteiger partial charge in [-0.15, -0.1) is 0 Å². The van der Waals surface area contributed by atoms with Gasteiger partial charge in [0.15, 0.2) is 0 Å². The van der Waals surface area contributed by atoms with Crippen LogP contribution in [0.3, 0.4) is 0 Å². The lowest BCUT2D eigenvalue weighted by Gasteiger charge is -2.08. The van der Waals surface area contributed by atoms with Gasteiger partial charge in [0.25, 0.3) is 11.9 Å². The fraction of sp³-hybridized carbons (Fsp3) is 0.421. The Balaban J connectivity index is 1.20. The number of benzene rings is 4. The molecule has 0 aliphatic rings. The zero-order chi connectivity index (χ0) is 28.7. The highest BCUT2D eigenvalue weighted by molar-refractivity contribution is 6.20. The van der Waals surface area contributed by atoms with Gasteiger partial charge in [0.1, 0.15) is 11.2 Å². The van der Waals surface area contributed by atoms with Gasteiger partial charge in [0, 0.05) is 22.9 Å². The summed E-state index contributed by atoms with van der Waals surface area (Å²) in [6.07, 6.45) is 15.0. The SMILES string of the molecule is CCCCCCCCOc1cc2cc3c(ccc4c5cc6cc(OCCCCCCCC)oc6cc5ccc34)cc2o1. The molecule has 42 heavy (non-hydrogen) atoms. The van der Waals surface area contributed by atoms with E-state index in [1.165, 1.54) is 96.5 Å². The molecule has 4 heteroatoms. The second-order valence-electron chi connectivity index (χ2n) is 11.8. The second kappa shape index (κ2) is 13.5. The number of hydrogen-bond acceptors (Lipinski definition) is 4. The second-order valence-corrected chi connectivity index (χ2v) is 11.8. The van der Waals surface area contributed by atoms with Crippen LogP contribution in [0.2, 0.25) is 0 Å². The first-order chi connectivity index (χ1) is 20.7. The number of ether oxygens (including phenoxy) is 2. The molecule has 220 valence electrons. The molecule has 0 aliphatic carbocycles. The molecule has 0 amide bonds. The maximum absolute atomic E-state index is 6.07. The van der Waals surface area contributed by atoms with E-state index in [0.29, 0.717) is 25.1 Å². The van der Waals surface area contributed by atoms with Crippen molar-refractivity contribution in [2.24, 2.45) is 0 Å². The largest absolute Gasteiger partial charge is 0.465 e. The van der Waals surface area contributed by atoms with Gasteiger partial charge in [-0.05, 0) is 69.4 Å². The molecule has 0 unspecified atom stereocenters. The number of unbranched alkanes of at least 4 members (excludes halogenated alkanes) is 10. The van der Waals surface area contributed by atoms with Gasteiger partial charge in [-0.3, -0.25) is 0 Å². The molecule has 0 spiro atoms. The lowest BCUT2D eigenvalue weighted by molar-refractivity contribution is 0.242. The van der Waals surface area contributed by atoms with E-state index >= 15 is 0 Å². The Labute approximate surface area is 248 Å². The first kappa shape index (κ1) is 28.5. The molecule has 0 radical (unpaired) electrons. The van der Waals surface area contributed by atoms with Gasteiger partial charge in [0.2, 0.25) is 0 Å². The Morgan fingerprint density at radius 3 is 1.31 bits per heavy atom. The minimum Gasteiger partial charge on any atom is -0.465 e. The van der Waals surface area contributed by atoms with E-state index < -0.39 is 0 Å². The quantitative estimate of drug-likeness (QED) is 0.0866. The highest BCUT2D eigenvalue weighted by Gasteiger charge is 2.12. The number of rotatable bonds is 16. The standard InChI is InChI=1S/C38H44O4/c1-3-5-7-9-11-13-19-39-37-25-29-21-33-27(23-35(29)41-37)15-17-32-31(33)18-16-28-24-36-30(22-34(28)32)26-38(42-36)40-20-14-12-10-8-6-4-2/h15-18,21-26H,3-14,19-20H2,1-2H3. The van der Waals surface area contributed by atoms with Gasteiger partial charge in [-0.1, -0.05) is 102 Å². The van der Waals surface area contributed by atoms with Crippen molar-refractivity contribution in [3.63, 3.8) is 0 Å². The fourth-order valence-corrected chi connectivity index (χ4v) is 6.15. The maximum Gasteiger partial charge on any atom is 0.285 e. The van der Waals surface area contributed by atoms with Crippen molar-refractivity contribution >= 4 is 54.3 Å². The number of hydrogen-bond donors (Lipinski definition) is 0. The third kappa shape index (κ3) is 6.38. The summed E-state index contributed by atoms with van der Waals surface area (Å²) in [7, 11) is 0. The highest BCUT2D eigenvalue weighted by atomic mass is 16.6. The Hall–Kier alpha value is -3.66. The zero-order valence-electron chi connectivity index (χ0n) is 25.3. The Bertz CT molecular complexity index is 1640. The van der Waals surface area contributed by atoms with E-state index in [0.717, 1.165) is 34.8 Å². The van der Waals surface area contributed by atoms with Crippen molar-refractivity contribution in [3.05, 3.63) is 60.7 Å². The molecule has 0 bridgehead atoms. The van der Waals surface area contributed by atoms with Gasteiger partial charge in [0.05, 0.1) is 13.2 Å². The first-order valence-corrected chi connectivity index (χ1v) is 16.3. The van der Waals surface area contributed by atoms with Crippen LogP contribution >= 0.6 is 0 Å². The van der Waals surface area contributed by atoms with E-state index in [1.807, 2.05) is 12.1 Å². The summed E-state index contributed by atoms with van der Waals surface area (Å²) in [5, 5.41) is 9.40. The molecule has 0 saturated carbocycles. The van der Waals surface area contributed by atoms with Gasteiger partial charge < -0.3 is 18.3 Å². The molecular weight excluding hydrogens is 520 g/mol. The van der Waals surface area contributed by atoms with Crippen LogP contribution in [0.25, 0.3) is 54.3 Å². The van der Waals surface area contributed by atoms with Crippen molar-refractivity contribution in [1.82, 2.24) is 0 Å². The van der Waals surface area contributed by atoms with E-state index in [1.54, 1.807) is 0 Å². The summed E-state index contributed by atoms with van der Waals surface area (Å²) in [5.74, 6) is 1.22. The summed E-state index contributed by atoms with van der Waals surface area (Å²) in [6.45, 7) is 5.91. The monoisotopic (exact) mass is 564 g/mol. The summed E-state index contributed by atoms with van der Waals surface area (Å²) in [4.78, 5) is 0. The average Bonchev–Trinajstić information content (AvgIpc) is 3.59. The smallest absolute Gasteiger partial charge is 0.285 e. The highest BCUT2D eigenvalue weighted by Crippen LogP contribution is 2.38. The predicted octanol–water partition coefficient (Wildman–Crippen LogP) is 12.1. The van der Waals surface area contributed by atoms with E-state index in [-0.39, 0.29) is 0 Å². The molecule has 0 fully saturated rings. The minimum absolute atomic E-state index is 0.612.